The highest BCUT2D eigenvalue weighted by atomic mass is 35.5. The molecule has 2 N–H and O–H groups in total. The number of hydrogen-bond acceptors (Lipinski definition) is 3. The van der Waals surface area contributed by atoms with Crippen molar-refractivity contribution in [2.75, 3.05) is 6.54 Å². The van der Waals surface area contributed by atoms with Gasteiger partial charge in [0.05, 0.1) is 11.1 Å². The number of hydrogen-bond donors (Lipinski definition) is 2. The molecular weight excluding hydrogens is 346 g/mol. The van der Waals surface area contributed by atoms with Crippen LogP contribution in [0.4, 0.5) is 0 Å². The van der Waals surface area contributed by atoms with Gasteiger partial charge in [0.15, 0.2) is 0 Å². The first-order valence-corrected chi connectivity index (χ1v) is 8.99. The van der Waals surface area contributed by atoms with Crippen LogP contribution in [0.2, 0.25) is 5.02 Å². The van der Waals surface area contributed by atoms with E-state index in [9.17, 15) is 5.11 Å². The second-order valence-electron chi connectivity index (χ2n) is 6.10. The van der Waals surface area contributed by atoms with Crippen LogP contribution >= 0.6 is 11.6 Å². The van der Waals surface area contributed by atoms with Crippen molar-refractivity contribution in [3.63, 3.8) is 0 Å². The first kappa shape index (κ1) is 18.5. The molecule has 26 heavy (non-hydrogen) atoms. The summed E-state index contributed by atoms with van der Waals surface area (Å²) in [5, 5.41) is 14.0. The third kappa shape index (κ3) is 5.33. The van der Waals surface area contributed by atoms with Crippen molar-refractivity contribution in [2.45, 2.75) is 19.3 Å². The number of nitrogens with one attached hydrogen (secondary N) is 1. The number of aliphatic hydroxyl groups is 1. The van der Waals surface area contributed by atoms with Gasteiger partial charge in [-0.15, -0.1) is 0 Å². The Labute approximate surface area is 159 Å². The van der Waals surface area contributed by atoms with Crippen molar-refractivity contribution in [2.24, 2.45) is 0 Å². The molecule has 0 saturated carbocycles. The molecule has 0 amide bonds. The van der Waals surface area contributed by atoms with Crippen LogP contribution in [0.15, 0.2) is 78.9 Å². The monoisotopic (exact) mass is 367 g/mol. The molecule has 0 bridgehead atoms. The highest BCUT2D eigenvalue weighted by Crippen LogP contribution is 2.26. The predicted octanol–water partition coefficient (Wildman–Crippen LogP) is 4.74. The van der Waals surface area contributed by atoms with Crippen LogP contribution in [0.3, 0.4) is 0 Å². The summed E-state index contributed by atoms with van der Waals surface area (Å²) >= 11 is 6.33. The minimum Gasteiger partial charge on any atom is -0.487 e. The van der Waals surface area contributed by atoms with Crippen molar-refractivity contribution < 1.29 is 9.84 Å². The van der Waals surface area contributed by atoms with Gasteiger partial charge < -0.3 is 15.2 Å². The van der Waals surface area contributed by atoms with Gasteiger partial charge in [0.25, 0.3) is 0 Å². The first-order valence-electron chi connectivity index (χ1n) is 8.61. The summed E-state index contributed by atoms with van der Waals surface area (Å²) in [6, 6.07) is 25.4. The van der Waals surface area contributed by atoms with Gasteiger partial charge in [-0.05, 0) is 28.8 Å². The largest absolute Gasteiger partial charge is 0.487 e. The fraction of sp³-hybridized carbons (Fsp3) is 0.182. The third-order valence-corrected chi connectivity index (χ3v) is 4.38. The molecular formula is C22H22ClNO2. The number of rotatable bonds is 8. The Morgan fingerprint density at radius 2 is 1.58 bits per heavy atom. The molecule has 1 atom stereocenters. The number of halogens is 1. The molecule has 3 aromatic carbocycles. The molecule has 0 aromatic heterocycles. The number of aliphatic hydroxyl groups excluding tert-OH is 1. The van der Waals surface area contributed by atoms with Gasteiger partial charge in [0, 0.05) is 13.1 Å². The summed E-state index contributed by atoms with van der Waals surface area (Å²) in [5.41, 5.74) is 3.05. The zero-order valence-corrected chi connectivity index (χ0v) is 15.2. The smallest absolute Gasteiger partial charge is 0.138 e. The lowest BCUT2D eigenvalue weighted by molar-refractivity contribution is 0.174. The number of ether oxygens (including phenoxy) is 1. The minimum absolute atomic E-state index is 0.480. The van der Waals surface area contributed by atoms with E-state index in [1.807, 2.05) is 78.9 Å². The van der Waals surface area contributed by atoms with E-state index >= 15 is 0 Å². The average Bonchev–Trinajstić information content (AvgIpc) is 2.69. The normalized spacial score (nSPS) is 11.9. The van der Waals surface area contributed by atoms with E-state index in [0.717, 1.165) is 16.7 Å². The standard InChI is InChI=1S/C22H22ClNO2/c23-20-13-18(14-24-15-21(25)19-9-5-2-6-10-19)11-12-22(20)26-16-17-7-3-1-4-8-17/h1-13,21,24-25H,14-16H2. The Bertz CT molecular complexity index is 809. The molecule has 0 aliphatic heterocycles. The zero-order chi connectivity index (χ0) is 18.2. The zero-order valence-electron chi connectivity index (χ0n) is 14.4. The Morgan fingerprint density at radius 1 is 0.885 bits per heavy atom. The Kier molecular flexibility index (Phi) is 6.67. The fourth-order valence-electron chi connectivity index (χ4n) is 2.65. The van der Waals surface area contributed by atoms with Crippen molar-refractivity contribution >= 4 is 11.6 Å². The summed E-state index contributed by atoms with van der Waals surface area (Å²) in [4.78, 5) is 0. The van der Waals surface area contributed by atoms with Crippen molar-refractivity contribution in [1.82, 2.24) is 5.32 Å². The van der Waals surface area contributed by atoms with Gasteiger partial charge in [-0.25, -0.2) is 0 Å². The summed E-state index contributed by atoms with van der Waals surface area (Å²) < 4.78 is 5.79. The van der Waals surface area contributed by atoms with E-state index in [4.69, 9.17) is 16.3 Å². The van der Waals surface area contributed by atoms with Gasteiger partial charge in [-0.2, -0.15) is 0 Å². The second kappa shape index (κ2) is 9.39. The summed E-state index contributed by atoms with van der Waals surface area (Å²) in [6.07, 6.45) is -0.528. The highest BCUT2D eigenvalue weighted by Gasteiger charge is 2.07. The lowest BCUT2D eigenvalue weighted by atomic mass is 10.1. The first-order chi connectivity index (χ1) is 12.7. The minimum atomic E-state index is -0.528. The fourth-order valence-corrected chi connectivity index (χ4v) is 2.91. The van der Waals surface area contributed by atoms with Crippen molar-refractivity contribution in [3.8, 4) is 5.75 Å². The predicted molar refractivity (Wildman–Crippen MR) is 105 cm³/mol. The highest BCUT2D eigenvalue weighted by molar-refractivity contribution is 6.32. The van der Waals surface area contributed by atoms with Crippen LogP contribution in [-0.2, 0) is 13.2 Å². The molecule has 4 heteroatoms. The Morgan fingerprint density at radius 3 is 2.27 bits per heavy atom. The van der Waals surface area contributed by atoms with Crippen LogP contribution < -0.4 is 10.1 Å². The summed E-state index contributed by atoms with van der Waals surface area (Å²) in [5.74, 6) is 0.670. The number of benzene rings is 3. The van der Waals surface area contributed by atoms with Crippen LogP contribution in [0.25, 0.3) is 0 Å². The Balaban J connectivity index is 1.49. The molecule has 0 fully saturated rings. The van der Waals surface area contributed by atoms with E-state index in [-0.39, 0.29) is 0 Å². The maximum atomic E-state index is 10.2. The van der Waals surface area contributed by atoms with Crippen LogP contribution in [0.1, 0.15) is 22.8 Å². The molecule has 0 aliphatic rings. The van der Waals surface area contributed by atoms with Gasteiger partial charge in [-0.3, -0.25) is 0 Å². The summed E-state index contributed by atoms with van der Waals surface area (Å²) in [7, 11) is 0. The molecule has 3 aromatic rings. The van der Waals surface area contributed by atoms with E-state index in [2.05, 4.69) is 5.32 Å². The molecule has 0 heterocycles. The van der Waals surface area contributed by atoms with Gasteiger partial charge in [0.1, 0.15) is 12.4 Å². The molecule has 0 aliphatic carbocycles. The topological polar surface area (TPSA) is 41.5 Å². The third-order valence-electron chi connectivity index (χ3n) is 4.08. The molecule has 1 unspecified atom stereocenters. The molecule has 0 spiro atoms. The molecule has 0 radical (unpaired) electrons. The Hall–Kier alpha value is -2.33. The average molecular weight is 368 g/mol. The SMILES string of the molecule is OC(CNCc1ccc(OCc2ccccc2)c(Cl)c1)c1ccccc1. The quantitative estimate of drug-likeness (QED) is 0.604. The summed E-state index contributed by atoms with van der Waals surface area (Å²) in [6.45, 7) is 1.60. The lowest BCUT2D eigenvalue weighted by Gasteiger charge is -2.13. The maximum Gasteiger partial charge on any atom is 0.138 e. The van der Waals surface area contributed by atoms with Crippen LogP contribution in [-0.4, -0.2) is 11.7 Å². The van der Waals surface area contributed by atoms with Gasteiger partial charge in [0.2, 0.25) is 0 Å². The van der Waals surface area contributed by atoms with Crippen LogP contribution in [0.5, 0.6) is 5.75 Å². The molecule has 3 nitrogen and oxygen atoms in total. The lowest BCUT2D eigenvalue weighted by Crippen LogP contribution is -2.21. The second-order valence-corrected chi connectivity index (χ2v) is 6.50. The van der Waals surface area contributed by atoms with Crippen molar-refractivity contribution in [1.29, 1.82) is 0 Å². The van der Waals surface area contributed by atoms with Crippen molar-refractivity contribution in [3.05, 3.63) is 101 Å². The van der Waals surface area contributed by atoms with Crippen LogP contribution in [0, 0.1) is 0 Å². The van der Waals surface area contributed by atoms with E-state index < -0.39 is 6.10 Å². The maximum absolute atomic E-state index is 10.2. The van der Waals surface area contributed by atoms with E-state index in [0.29, 0.717) is 30.5 Å². The van der Waals surface area contributed by atoms with E-state index in [1.54, 1.807) is 0 Å². The van der Waals surface area contributed by atoms with E-state index in [1.165, 1.54) is 0 Å². The molecule has 0 saturated heterocycles. The molecule has 134 valence electrons. The van der Waals surface area contributed by atoms with Gasteiger partial charge in [-0.1, -0.05) is 78.3 Å². The molecule has 3 rings (SSSR count). The van der Waals surface area contributed by atoms with Gasteiger partial charge >= 0.3 is 0 Å².